The molecule has 0 heterocycles. The van der Waals surface area contributed by atoms with Crippen LogP contribution >= 0.6 is 11.6 Å². The SMILES string of the molecule is CCCCc1ccc(N(C(=O)COc2ccc(C)cc2)S(=O)(=O)c2ccc(Cl)cc2)cc1. The molecule has 0 aromatic heterocycles. The molecule has 1 amide bonds. The number of hydrogen-bond donors (Lipinski definition) is 0. The van der Waals surface area contributed by atoms with Crippen molar-refractivity contribution in [2.75, 3.05) is 10.9 Å². The second-order valence-corrected chi connectivity index (χ2v) is 9.71. The maximum Gasteiger partial charge on any atom is 0.278 e. The van der Waals surface area contributed by atoms with Crippen molar-refractivity contribution in [3.05, 3.63) is 88.9 Å². The van der Waals surface area contributed by atoms with E-state index in [-0.39, 0.29) is 10.6 Å². The number of anilines is 1. The van der Waals surface area contributed by atoms with Gasteiger partial charge in [0.15, 0.2) is 6.61 Å². The van der Waals surface area contributed by atoms with Gasteiger partial charge in [0.1, 0.15) is 5.75 Å². The zero-order valence-corrected chi connectivity index (χ0v) is 19.7. The summed E-state index contributed by atoms with van der Waals surface area (Å²) >= 11 is 5.91. The third-order valence-electron chi connectivity index (χ3n) is 4.95. The van der Waals surface area contributed by atoms with Crippen molar-refractivity contribution in [2.45, 2.75) is 38.0 Å². The summed E-state index contributed by atoms with van der Waals surface area (Å²) in [7, 11) is -4.17. The number of amides is 1. The Hall–Kier alpha value is -2.83. The molecule has 5 nitrogen and oxygen atoms in total. The van der Waals surface area contributed by atoms with E-state index in [9.17, 15) is 13.2 Å². The molecule has 3 rings (SSSR count). The predicted octanol–water partition coefficient (Wildman–Crippen LogP) is 5.79. The summed E-state index contributed by atoms with van der Waals surface area (Å²) in [6.45, 7) is 3.63. The van der Waals surface area contributed by atoms with Gasteiger partial charge in [-0.15, -0.1) is 0 Å². The van der Waals surface area contributed by atoms with Crippen LogP contribution in [-0.4, -0.2) is 20.9 Å². The largest absolute Gasteiger partial charge is 0.484 e. The molecule has 0 radical (unpaired) electrons. The fraction of sp³-hybridized carbons (Fsp3) is 0.240. The number of hydrogen-bond acceptors (Lipinski definition) is 4. The topological polar surface area (TPSA) is 63.7 Å². The summed E-state index contributed by atoms with van der Waals surface area (Å²) in [5, 5.41) is 0.407. The number of aryl methyl sites for hydroxylation is 2. The lowest BCUT2D eigenvalue weighted by Gasteiger charge is -2.23. The minimum absolute atomic E-state index is 0.0272. The first-order chi connectivity index (χ1) is 15.3. The van der Waals surface area contributed by atoms with E-state index in [0.29, 0.717) is 10.8 Å². The Balaban J connectivity index is 1.91. The van der Waals surface area contributed by atoms with Crippen LogP contribution in [0.1, 0.15) is 30.9 Å². The molecule has 0 bridgehead atoms. The fourth-order valence-corrected chi connectivity index (χ4v) is 4.68. The van der Waals surface area contributed by atoms with E-state index in [2.05, 4.69) is 6.92 Å². The number of carbonyl (C=O) groups excluding carboxylic acids is 1. The quantitative estimate of drug-likeness (QED) is 0.396. The molecular formula is C25H26ClNO4S. The number of nitrogens with zero attached hydrogens (tertiary/aromatic N) is 1. The van der Waals surface area contributed by atoms with Crippen LogP contribution in [0.3, 0.4) is 0 Å². The summed E-state index contributed by atoms with van der Waals surface area (Å²) in [5.41, 5.74) is 2.40. The molecule has 32 heavy (non-hydrogen) atoms. The highest BCUT2D eigenvalue weighted by Crippen LogP contribution is 2.26. The normalized spacial score (nSPS) is 11.2. The van der Waals surface area contributed by atoms with Crippen molar-refractivity contribution >= 4 is 33.2 Å². The van der Waals surface area contributed by atoms with Crippen molar-refractivity contribution in [1.29, 1.82) is 0 Å². The number of halogens is 1. The lowest BCUT2D eigenvalue weighted by molar-refractivity contribution is -0.119. The zero-order valence-electron chi connectivity index (χ0n) is 18.1. The Bertz CT molecular complexity index is 1140. The lowest BCUT2D eigenvalue weighted by atomic mass is 10.1. The molecule has 0 aliphatic heterocycles. The highest BCUT2D eigenvalue weighted by molar-refractivity contribution is 7.93. The predicted molar refractivity (Wildman–Crippen MR) is 128 cm³/mol. The van der Waals surface area contributed by atoms with E-state index < -0.39 is 22.5 Å². The average molecular weight is 472 g/mol. The van der Waals surface area contributed by atoms with Gasteiger partial charge in [0.05, 0.1) is 10.6 Å². The highest BCUT2D eigenvalue weighted by atomic mass is 35.5. The first-order valence-corrected chi connectivity index (χ1v) is 12.2. The number of ether oxygens (including phenoxy) is 1. The number of unbranched alkanes of at least 4 members (excludes halogenated alkanes) is 1. The van der Waals surface area contributed by atoms with Crippen molar-refractivity contribution in [3.8, 4) is 5.75 Å². The molecule has 7 heteroatoms. The first-order valence-electron chi connectivity index (χ1n) is 10.4. The molecular weight excluding hydrogens is 446 g/mol. The summed E-state index contributed by atoms with van der Waals surface area (Å²) < 4.78 is 33.2. The summed E-state index contributed by atoms with van der Waals surface area (Å²) in [6, 6.07) is 19.9. The van der Waals surface area contributed by atoms with Crippen LogP contribution in [0.2, 0.25) is 5.02 Å². The van der Waals surface area contributed by atoms with Gasteiger partial charge in [-0.25, -0.2) is 8.42 Å². The van der Waals surface area contributed by atoms with Gasteiger partial charge in [-0.05, 0) is 73.9 Å². The Morgan fingerprint density at radius 1 is 0.938 bits per heavy atom. The third-order valence-corrected chi connectivity index (χ3v) is 6.97. The van der Waals surface area contributed by atoms with Crippen molar-refractivity contribution < 1.29 is 17.9 Å². The van der Waals surface area contributed by atoms with Crippen molar-refractivity contribution in [1.82, 2.24) is 0 Å². The van der Waals surface area contributed by atoms with Crippen LogP contribution in [0.15, 0.2) is 77.7 Å². The van der Waals surface area contributed by atoms with Crippen LogP contribution in [-0.2, 0) is 21.2 Å². The Morgan fingerprint density at radius 3 is 2.16 bits per heavy atom. The molecule has 0 aliphatic carbocycles. The lowest BCUT2D eigenvalue weighted by Crippen LogP contribution is -2.40. The van der Waals surface area contributed by atoms with Crippen molar-refractivity contribution in [3.63, 3.8) is 0 Å². The molecule has 0 saturated heterocycles. The van der Waals surface area contributed by atoms with Gasteiger partial charge in [-0.3, -0.25) is 4.79 Å². The van der Waals surface area contributed by atoms with Crippen LogP contribution in [0.5, 0.6) is 5.75 Å². The summed E-state index contributed by atoms with van der Waals surface area (Å²) in [5.74, 6) is -0.204. The van der Waals surface area contributed by atoms with E-state index >= 15 is 0 Å². The number of carbonyl (C=O) groups is 1. The van der Waals surface area contributed by atoms with E-state index in [4.69, 9.17) is 16.3 Å². The smallest absolute Gasteiger partial charge is 0.278 e. The van der Waals surface area contributed by atoms with Crippen LogP contribution in [0, 0.1) is 6.92 Å². The molecule has 0 fully saturated rings. The maximum absolute atomic E-state index is 13.4. The minimum atomic E-state index is -4.17. The zero-order chi connectivity index (χ0) is 23.1. The van der Waals surface area contributed by atoms with Gasteiger partial charge in [-0.1, -0.05) is 54.8 Å². The fourth-order valence-electron chi connectivity index (χ4n) is 3.15. The average Bonchev–Trinajstić information content (AvgIpc) is 2.78. The summed E-state index contributed by atoms with van der Waals surface area (Å²) in [6.07, 6.45) is 2.99. The second-order valence-electron chi connectivity index (χ2n) is 7.49. The molecule has 0 spiro atoms. The number of rotatable bonds is 9. The van der Waals surface area contributed by atoms with Gasteiger partial charge in [-0.2, -0.15) is 4.31 Å². The van der Waals surface area contributed by atoms with E-state index in [1.807, 2.05) is 31.2 Å². The third kappa shape index (κ3) is 5.90. The van der Waals surface area contributed by atoms with E-state index in [0.717, 1.165) is 34.7 Å². The van der Waals surface area contributed by atoms with E-state index in [1.54, 1.807) is 24.3 Å². The minimum Gasteiger partial charge on any atom is -0.484 e. The van der Waals surface area contributed by atoms with E-state index in [1.165, 1.54) is 24.3 Å². The molecule has 168 valence electrons. The molecule has 0 atom stereocenters. The molecule has 3 aromatic rings. The number of benzene rings is 3. The standard InChI is InChI=1S/C25H26ClNO4S/c1-3-4-5-20-8-12-22(13-9-20)27(32(29,30)24-16-10-21(26)11-17-24)25(28)18-31-23-14-6-19(2)7-15-23/h6-17H,3-5,18H2,1-2H3. The van der Waals surface area contributed by atoms with Gasteiger partial charge in [0.2, 0.25) is 0 Å². The van der Waals surface area contributed by atoms with Gasteiger partial charge < -0.3 is 4.74 Å². The van der Waals surface area contributed by atoms with Crippen molar-refractivity contribution in [2.24, 2.45) is 0 Å². The molecule has 0 aliphatic rings. The van der Waals surface area contributed by atoms with Crippen LogP contribution < -0.4 is 9.04 Å². The summed E-state index contributed by atoms with van der Waals surface area (Å²) in [4.78, 5) is 13.1. The van der Waals surface area contributed by atoms with Gasteiger partial charge in [0, 0.05) is 5.02 Å². The monoisotopic (exact) mass is 471 g/mol. The Kier molecular flexibility index (Phi) is 7.94. The molecule has 3 aromatic carbocycles. The van der Waals surface area contributed by atoms with Gasteiger partial charge in [0.25, 0.3) is 15.9 Å². The Morgan fingerprint density at radius 2 is 1.56 bits per heavy atom. The molecule has 0 unspecified atom stereocenters. The second kappa shape index (κ2) is 10.7. The molecule has 0 N–H and O–H groups in total. The van der Waals surface area contributed by atoms with Crippen LogP contribution in [0.25, 0.3) is 0 Å². The molecule has 0 saturated carbocycles. The first kappa shape index (κ1) is 23.8. The maximum atomic E-state index is 13.4. The Labute approximate surface area is 194 Å². The van der Waals surface area contributed by atoms with Gasteiger partial charge >= 0.3 is 0 Å². The van der Waals surface area contributed by atoms with Crippen LogP contribution in [0.4, 0.5) is 5.69 Å². The highest BCUT2D eigenvalue weighted by Gasteiger charge is 2.31. The number of sulfonamides is 1.